The molecule has 0 aliphatic rings. The van der Waals surface area contributed by atoms with Crippen LogP contribution in [-0.4, -0.2) is 31.4 Å². The molecule has 0 unspecified atom stereocenters. The lowest BCUT2D eigenvalue weighted by molar-refractivity contribution is 0.0880. The van der Waals surface area contributed by atoms with Gasteiger partial charge in [-0.2, -0.15) is 0 Å². The van der Waals surface area contributed by atoms with Gasteiger partial charge >= 0.3 is 0 Å². The van der Waals surface area contributed by atoms with Crippen LogP contribution in [0.2, 0.25) is 0 Å². The summed E-state index contributed by atoms with van der Waals surface area (Å²) in [6.07, 6.45) is 4.12. The predicted octanol–water partition coefficient (Wildman–Crippen LogP) is 1.22. The van der Waals surface area contributed by atoms with Crippen LogP contribution in [0.1, 0.15) is 12.5 Å². The second-order valence-electron chi connectivity index (χ2n) is 3.33. The van der Waals surface area contributed by atoms with Gasteiger partial charge in [-0.25, -0.2) is 0 Å². The molecule has 0 bridgehead atoms. The highest BCUT2D eigenvalue weighted by molar-refractivity contribution is 5.09. The first-order valence-corrected chi connectivity index (χ1v) is 5.29. The van der Waals surface area contributed by atoms with Gasteiger partial charge in [-0.3, -0.25) is 0 Å². The van der Waals surface area contributed by atoms with E-state index in [2.05, 4.69) is 17.6 Å². The molecule has 1 heterocycles. The van der Waals surface area contributed by atoms with Crippen LogP contribution in [0.4, 0.5) is 0 Å². The van der Waals surface area contributed by atoms with E-state index in [1.807, 2.05) is 17.7 Å². The zero-order valence-corrected chi connectivity index (χ0v) is 9.53. The summed E-state index contributed by atoms with van der Waals surface area (Å²) in [6, 6.07) is 2.10. The van der Waals surface area contributed by atoms with Crippen molar-refractivity contribution in [3.05, 3.63) is 24.0 Å². The van der Waals surface area contributed by atoms with Crippen molar-refractivity contribution >= 4 is 0 Å². The molecule has 15 heavy (non-hydrogen) atoms. The smallest absolute Gasteiger partial charge is 0.122 e. The maximum absolute atomic E-state index is 5.30. The highest BCUT2D eigenvalue weighted by Gasteiger charge is 1.96. The Kier molecular flexibility index (Phi) is 6.08. The summed E-state index contributed by atoms with van der Waals surface area (Å²) in [5.74, 6) is 0. The molecule has 0 saturated heterocycles. The van der Waals surface area contributed by atoms with E-state index in [9.17, 15) is 0 Å². The van der Waals surface area contributed by atoms with Crippen molar-refractivity contribution in [3.8, 4) is 0 Å². The number of ether oxygens (including phenoxy) is 2. The molecule has 0 aliphatic carbocycles. The molecule has 4 nitrogen and oxygen atoms in total. The van der Waals surface area contributed by atoms with E-state index < -0.39 is 0 Å². The fraction of sp³-hybridized carbons (Fsp3) is 0.636. The standard InChI is InChI=1S/C11H20N2O2/c1-3-15-10-13-6-4-11(9-13)8-12-5-7-14-2/h4,6,9,12H,3,5,7-8,10H2,1-2H3. The first-order chi connectivity index (χ1) is 7.36. The van der Waals surface area contributed by atoms with E-state index in [4.69, 9.17) is 9.47 Å². The van der Waals surface area contributed by atoms with Crippen molar-refractivity contribution in [3.63, 3.8) is 0 Å². The number of nitrogens with one attached hydrogen (secondary N) is 1. The Labute approximate surface area is 91.2 Å². The number of nitrogens with zero attached hydrogens (tertiary/aromatic N) is 1. The van der Waals surface area contributed by atoms with Gasteiger partial charge in [-0.1, -0.05) is 0 Å². The summed E-state index contributed by atoms with van der Waals surface area (Å²) in [5.41, 5.74) is 1.27. The lowest BCUT2D eigenvalue weighted by Gasteiger charge is -2.03. The van der Waals surface area contributed by atoms with Crippen LogP contribution in [0.3, 0.4) is 0 Å². The lowest BCUT2D eigenvalue weighted by atomic mass is 10.3. The molecule has 1 rings (SSSR count). The Hall–Kier alpha value is -0.840. The zero-order chi connectivity index (χ0) is 10.9. The largest absolute Gasteiger partial charge is 0.383 e. The summed E-state index contributed by atoms with van der Waals surface area (Å²) >= 11 is 0. The Morgan fingerprint density at radius 2 is 2.33 bits per heavy atom. The molecule has 1 aromatic heterocycles. The van der Waals surface area contributed by atoms with Crippen LogP contribution >= 0.6 is 0 Å². The number of aromatic nitrogens is 1. The minimum atomic E-state index is 0.634. The molecule has 4 heteroatoms. The van der Waals surface area contributed by atoms with Crippen LogP contribution in [0.5, 0.6) is 0 Å². The van der Waals surface area contributed by atoms with Crippen molar-refractivity contribution in [1.29, 1.82) is 0 Å². The van der Waals surface area contributed by atoms with E-state index in [0.717, 1.165) is 26.3 Å². The second kappa shape index (κ2) is 7.45. The molecular weight excluding hydrogens is 192 g/mol. The van der Waals surface area contributed by atoms with Crippen LogP contribution < -0.4 is 5.32 Å². The van der Waals surface area contributed by atoms with Gasteiger partial charge in [0, 0.05) is 39.2 Å². The third-order valence-electron chi connectivity index (χ3n) is 2.07. The molecule has 0 atom stereocenters. The van der Waals surface area contributed by atoms with Crippen LogP contribution in [0, 0.1) is 0 Å². The average molecular weight is 212 g/mol. The van der Waals surface area contributed by atoms with Gasteiger partial charge in [-0.15, -0.1) is 0 Å². The number of rotatable bonds is 8. The molecule has 0 saturated carbocycles. The Bertz CT molecular complexity index is 261. The first kappa shape index (κ1) is 12.2. The SMILES string of the molecule is CCOCn1ccc(CNCCOC)c1. The Morgan fingerprint density at radius 1 is 1.47 bits per heavy atom. The van der Waals surface area contributed by atoms with Gasteiger partial charge in [0.1, 0.15) is 6.73 Å². The van der Waals surface area contributed by atoms with Crippen LogP contribution in [-0.2, 0) is 22.7 Å². The first-order valence-electron chi connectivity index (χ1n) is 5.29. The van der Waals surface area contributed by atoms with Gasteiger partial charge in [0.2, 0.25) is 0 Å². The summed E-state index contributed by atoms with van der Waals surface area (Å²) in [6.45, 7) is 5.89. The molecule has 0 fully saturated rings. The number of hydrogen-bond acceptors (Lipinski definition) is 3. The molecule has 0 spiro atoms. The van der Waals surface area contributed by atoms with E-state index in [1.165, 1.54) is 5.56 Å². The van der Waals surface area contributed by atoms with Crippen LogP contribution in [0.25, 0.3) is 0 Å². The van der Waals surface area contributed by atoms with E-state index in [1.54, 1.807) is 7.11 Å². The molecule has 0 radical (unpaired) electrons. The molecule has 1 aromatic rings. The predicted molar refractivity (Wildman–Crippen MR) is 59.6 cm³/mol. The van der Waals surface area contributed by atoms with Crippen molar-refractivity contribution in [2.24, 2.45) is 0 Å². The minimum absolute atomic E-state index is 0.634. The van der Waals surface area contributed by atoms with Crippen molar-refractivity contribution < 1.29 is 9.47 Å². The highest BCUT2D eigenvalue weighted by Crippen LogP contribution is 2.00. The normalized spacial score (nSPS) is 10.8. The summed E-state index contributed by atoms with van der Waals surface area (Å²) in [4.78, 5) is 0. The van der Waals surface area contributed by atoms with Gasteiger partial charge < -0.3 is 19.4 Å². The Morgan fingerprint density at radius 3 is 3.07 bits per heavy atom. The molecule has 0 amide bonds. The third kappa shape index (κ3) is 4.97. The van der Waals surface area contributed by atoms with E-state index in [-0.39, 0.29) is 0 Å². The molecule has 86 valence electrons. The average Bonchev–Trinajstić information content (AvgIpc) is 2.69. The molecule has 0 aromatic carbocycles. The number of methoxy groups -OCH3 is 1. The van der Waals surface area contributed by atoms with Gasteiger partial charge in [0.05, 0.1) is 6.61 Å². The maximum Gasteiger partial charge on any atom is 0.122 e. The van der Waals surface area contributed by atoms with Crippen molar-refractivity contribution in [2.75, 3.05) is 26.9 Å². The van der Waals surface area contributed by atoms with Gasteiger partial charge in [0.15, 0.2) is 0 Å². The van der Waals surface area contributed by atoms with Crippen molar-refractivity contribution in [1.82, 2.24) is 9.88 Å². The summed E-state index contributed by atoms with van der Waals surface area (Å²) in [5, 5.41) is 3.29. The fourth-order valence-electron chi connectivity index (χ4n) is 1.28. The lowest BCUT2D eigenvalue weighted by Crippen LogP contribution is -2.18. The quantitative estimate of drug-likeness (QED) is 0.658. The Balaban J connectivity index is 2.20. The second-order valence-corrected chi connectivity index (χ2v) is 3.33. The number of hydrogen-bond donors (Lipinski definition) is 1. The van der Waals surface area contributed by atoms with Gasteiger partial charge in [-0.05, 0) is 18.6 Å². The third-order valence-corrected chi connectivity index (χ3v) is 2.07. The van der Waals surface area contributed by atoms with E-state index >= 15 is 0 Å². The summed E-state index contributed by atoms with van der Waals surface area (Å²) in [7, 11) is 1.71. The highest BCUT2D eigenvalue weighted by atomic mass is 16.5. The maximum atomic E-state index is 5.30. The monoisotopic (exact) mass is 212 g/mol. The van der Waals surface area contributed by atoms with Gasteiger partial charge in [0.25, 0.3) is 0 Å². The topological polar surface area (TPSA) is 35.4 Å². The van der Waals surface area contributed by atoms with E-state index in [0.29, 0.717) is 6.73 Å². The fourth-order valence-corrected chi connectivity index (χ4v) is 1.28. The summed E-state index contributed by atoms with van der Waals surface area (Å²) < 4.78 is 12.3. The minimum Gasteiger partial charge on any atom is -0.383 e. The zero-order valence-electron chi connectivity index (χ0n) is 9.53. The molecule has 1 N–H and O–H groups in total. The molecule has 0 aliphatic heterocycles. The van der Waals surface area contributed by atoms with Crippen LogP contribution in [0.15, 0.2) is 18.5 Å². The molecular formula is C11H20N2O2. The van der Waals surface area contributed by atoms with Crippen molar-refractivity contribution in [2.45, 2.75) is 20.2 Å².